The summed E-state index contributed by atoms with van der Waals surface area (Å²) in [5.74, 6) is -0.523. The van der Waals surface area contributed by atoms with Gasteiger partial charge >= 0.3 is 0 Å². The van der Waals surface area contributed by atoms with E-state index in [-0.39, 0.29) is 23.0 Å². The quantitative estimate of drug-likeness (QED) is 0.401. The lowest BCUT2D eigenvalue weighted by atomic mass is 9.87. The van der Waals surface area contributed by atoms with Crippen LogP contribution in [0.1, 0.15) is 38.8 Å². The summed E-state index contributed by atoms with van der Waals surface area (Å²) in [5.41, 5.74) is 2.71. The van der Waals surface area contributed by atoms with Crippen LogP contribution in [-0.4, -0.2) is 32.2 Å². The van der Waals surface area contributed by atoms with Crippen molar-refractivity contribution in [1.29, 1.82) is 0 Å². The second kappa shape index (κ2) is 8.62. The van der Waals surface area contributed by atoms with Crippen LogP contribution in [0.5, 0.6) is 5.75 Å². The van der Waals surface area contributed by atoms with Gasteiger partial charge in [-0.15, -0.1) is 0 Å². The smallest absolute Gasteiger partial charge is 0.266 e. The van der Waals surface area contributed by atoms with Gasteiger partial charge in [-0.25, -0.2) is 0 Å². The molecule has 1 aliphatic rings. The summed E-state index contributed by atoms with van der Waals surface area (Å²) in [7, 11) is 0. The molecule has 0 aromatic heterocycles. The van der Waals surface area contributed by atoms with Crippen LogP contribution in [-0.2, 0) is 15.0 Å². The number of phenols is 1. The van der Waals surface area contributed by atoms with Crippen LogP contribution in [0, 0.1) is 0 Å². The molecule has 0 aliphatic carbocycles. The molecule has 1 heterocycles. The molecule has 0 bridgehead atoms. The van der Waals surface area contributed by atoms with E-state index in [2.05, 4.69) is 38.2 Å². The number of thiocarbonyl (C=S) groups is 1. The van der Waals surface area contributed by atoms with E-state index >= 15 is 0 Å². The van der Waals surface area contributed by atoms with Gasteiger partial charge in [0.25, 0.3) is 5.91 Å². The third-order valence-corrected chi connectivity index (χ3v) is 6.13. The number of phenolic OH excluding ortho intramolecular Hbond substituents is 1. The van der Waals surface area contributed by atoms with Crippen molar-refractivity contribution in [2.75, 3.05) is 5.32 Å². The van der Waals surface area contributed by atoms with Crippen LogP contribution in [0.15, 0.2) is 53.4 Å². The fraction of sp³-hybridized carbons (Fsp3) is 0.261. The largest absolute Gasteiger partial charge is 0.508 e. The fourth-order valence-electron chi connectivity index (χ4n) is 2.95. The molecule has 5 nitrogen and oxygen atoms in total. The molecule has 1 fully saturated rings. The summed E-state index contributed by atoms with van der Waals surface area (Å²) in [4.78, 5) is 27.4. The monoisotopic (exact) mass is 440 g/mol. The Morgan fingerprint density at radius 3 is 2.30 bits per heavy atom. The molecule has 156 valence electrons. The summed E-state index contributed by atoms with van der Waals surface area (Å²) < 4.78 is 0.353. The van der Waals surface area contributed by atoms with Crippen molar-refractivity contribution in [3.05, 3.63) is 64.6 Å². The highest BCUT2D eigenvalue weighted by Gasteiger charge is 2.38. The van der Waals surface area contributed by atoms with E-state index in [4.69, 9.17) is 12.2 Å². The van der Waals surface area contributed by atoms with Crippen LogP contribution < -0.4 is 5.32 Å². The summed E-state index contributed by atoms with van der Waals surface area (Å²) in [6.45, 7) is 8.09. The zero-order chi connectivity index (χ0) is 22.1. The minimum Gasteiger partial charge on any atom is -0.508 e. The third-order valence-electron chi connectivity index (χ3n) is 4.80. The summed E-state index contributed by atoms with van der Waals surface area (Å²) in [5, 5.41) is 12.1. The molecule has 0 spiro atoms. The highest BCUT2D eigenvalue weighted by atomic mass is 32.2. The first-order chi connectivity index (χ1) is 14.1. The van der Waals surface area contributed by atoms with Crippen molar-refractivity contribution in [3.63, 3.8) is 0 Å². The van der Waals surface area contributed by atoms with Crippen molar-refractivity contribution in [2.45, 2.75) is 39.2 Å². The molecule has 1 unspecified atom stereocenters. The van der Waals surface area contributed by atoms with Crippen LogP contribution >= 0.6 is 24.0 Å². The van der Waals surface area contributed by atoms with Crippen molar-refractivity contribution in [2.24, 2.45) is 0 Å². The Bertz CT molecular complexity index is 1010. The summed E-state index contributed by atoms with van der Waals surface area (Å²) >= 11 is 6.57. The average Bonchev–Trinajstić information content (AvgIpc) is 2.96. The number of amides is 2. The van der Waals surface area contributed by atoms with E-state index in [0.717, 1.165) is 5.56 Å². The van der Waals surface area contributed by atoms with Crippen molar-refractivity contribution in [3.8, 4) is 5.75 Å². The standard InChI is InChI=1S/C23H24N2O3S2/c1-14(20(27)24-17-9-11-18(26)12-10-17)25-21(28)19(30-22(25)29)13-15-5-7-16(8-6-15)23(2,3)4/h5-14,26H,1-4H3,(H,24,27)/b19-13-. The predicted octanol–water partition coefficient (Wildman–Crippen LogP) is 4.92. The first-order valence-electron chi connectivity index (χ1n) is 9.54. The molecular weight excluding hydrogens is 416 g/mol. The number of rotatable bonds is 4. The lowest BCUT2D eigenvalue weighted by Gasteiger charge is -2.22. The van der Waals surface area contributed by atoms with E-state index in [1.165, 1.54) is 34.4 Å². The van der Waals surface area contributed by atoms with Crippen LogP contribution in [0.25, 0.3) is 6.08 Å². The Labute approximate surface area is 186 Å². The number of hydrogen-bond donors (Lipinski definition) is 2. The number of carbonyl (C=O) groups excluding carboxylic acids is 2. The molecule has 1 aliphatic heterocycles. The zero-order valence-electron chi connectivity index (χ0n) is 17.3. The molecule has 1 atom stereocenters. The minimum atomic E-state index is -0.763. The Morgan fingerprint density at radius 2 is 1.73 bits per heavy atom. The molecule has 3 rings (SSSR count). The van der Waals surface area contributed by atoms with Crippen molar-refractivity contribution < 1.29 is 14.7 Å². The Morgan fingerprint density at radius 1 is 1.13 bits per heavy atom. The topological polar surface area (TPSA) is 69.6 Å². The van der Waals surface area contributed by atoms with Gasteiger partial charge in [0.2, 0.25) is 5.91 Å². The first-order valence-corrected chi connectivity index (χ1v) is 10.8. The number of carbonyl (C=O) groups is 2. The molecule has 0 radical (unpaired) electrons. The van der Waals surface area contributed by atoms with E-state index in [0.29, 0.717) is 14.9 Å². The van der Waals surface area contributed by atoms with Gasteiger partial charge < -0.3 is 10.4 Å². The average molecular weight is 441 g/mol. The van der Waals surface area contributed by atoms with Crippen molar-refractivity contribution in [1.82, 2.24) is 4.90 Å². The Hall–Kier alpha value is -2.64. The third kappa shape index (κ3) is 4.91. The molecule has 2 amide bonds. The maximum atomic E-state index is 12.9. The number of aromatic hydroxyl groups is 1. The Kier molecular flexibility index (Phi) is 6.33. The molecule has 2 N–H and O–H groups in total. The summed E-state index contributed by atoms with van der Waals surface area (Å²) in [6, 6.07) is 13.4. The van der Waals surface area contributed by atoms with E-state index in [1.54, 1.807) is 25.1 Å². The maximum absolute atomic E-state index is 12.9. The van der Waals surface area contributed by atoms with Gasteiger partial charge in [0.05, 0.1) is 4.91 Å². The number of anilines is 1. The van der Waals surface area contributed by atoms with Gasteiger partial charge in [0.1, 0.15) is 16.1 Å². The SMILES string of the molecule is CC(C(=O)Nc1ccc(O)cc1)N1C(=O)/C(=C/c2ccc(C(C)(C)C)cc2)SC1=S. The molecular formula is C23H24N2O3S2. The Balaban J connectivity index is 1.74. The summed E-state index contributed by atoms with van der Waals surface area (Å²) in [6.07, 6.45) is 1.80. The molecule has 30 heavy (non-hydrogen) atoms. The molecule has 0 saturated carbocycles. The zero-order valence-corrected chi connectivity index (χ0v) is 18.9. The highest BCUT2D eigenvalue weighted by molar-refractivity contribution is 8.26. The molecule has 2 aromatic carbocycles. The number of nitrogens with zero attached hydrogens (tertiary/aromatic N) is 1. The second-order valence-corrected chi connectivity index (χ2v) is 9.81. The van der Waals surface area contributed by atoms with Crippen LogP contribution in [0.3, 0.4) is 0 Å². The van der Waals surface area contributed by atoms with Gasteiger partial charge in [-0.3, -0.25) is 14.5 Å². The van der Waals surface area contributed by atoms with E-state index < -0.39 is 6.04 Å². The number of hydrogen-bond acceptors (Lipinski definition) is 5. The number of thioether (sulfide) groups is 1. The lowest BCUT2D eigenvalue weighted by Crippen LogP contribution is -2.44. The molecule has 7 heteroatoms. The van der Waals surface area contributed by atoms with E-state index in [9.17, 15) is 14.7 Å². The van der Waals surface area contributed by atoms with Gasteiger partial charge in [0.15, 0.2) is 0 Å². The van der Waals surface area contributed by atoms with Gasteiger partial charge in [0, 0.05) is 5.69 Å². The van der Waals surface area contributed by atoms with Gasteiger partial charge in [-0.05, 0) is 53.8 Å². The van der Waals surface area contributed by atoms with E-state index in [1.807, 2.05) is 12.1 Å². The predicted molar refractivity (Wildman–Crippen MR) is 126 cm³/mol. The number of benzene rings is 2. The van der Waals surface area contributed by atoms with Crippen LogP contribution in [0.4, 0.5) is 5.69 Å². The fourth-order valence-corrected chi connectivity index (χ4v) is 4.37. The van der Waals surface area contributed by atoms with Crippen molar-refractivity contribution >= 4 is 51.9 Å². The second-order valence-electron chi connectivity index (χ2n) is 8.14. The first kappa shape index (κ1) is 22.1. The lowest BCUT2D eigenvalue weighted by molar-refractivity contribution is -0.129. The minimum absolute atomic E-state index is 0.0578. The van der Waals surface area contributed by atoms with Crippen LogP contribution in [0.2, 0.25) is 0 Å². The van der Waals surface area contributed by atoms with Gasteiger partial charge in [-0.1, -0.05) is 69.0 Å². The normalized spacial score (nSPS) is 16.8. The van der Waals surface area contributed by atoms with Gasteiger partial charge in [-0.2, -0.15) is 0 Å². The molecule has 1 saturated heterocycles. The maximum Gasteiger partial charge on any atom is 0.266 e. The molecule has 2 aromatic rings. The highest BCUT2D eigenvalue weighted by Crippen LogP contribution is 2.34. The number of nitrogens with one attached hydrogen (secondary N) is 1.